The number of amides is 1. The second-order valence-electron chi connectivity index (χ2n) is 9.09. The number of anilines is 1. The van der Waals surface area contributed by atoms with Crippen LogP contribution in [-0.2, 0) is 19.2 Å². The quantitative estimate of drug-likeness (QED) is 0.0793. The first-order valence-corrected chi connectivity index (χ1v) is 14.4. The van der Waals surface area contributed by atoms with E-state index in [2.05, 4.69) is 49.9 Å². The summed E-state index contributed by atoms with van der Waals surface area (Å²) in [7, 11) is -5.24. The summed E-state index contributed by atoms with van der Waals surface area (Å²) >= 11 is 0. The molecular weight excluding hydrogens is 636 g/mol. The van der Waals surface area contributed by atoms with Crippen LogP contribution in [0.3, 0.4) is 0 Å². The fourth-order valence-electron chi connectivity index (χ4n) is 4.13. The van der Waals surface area contributed by atoms with Crippen molar-refractivity contribution in [2.24, 2.45) is 5.11 Å². The van der Waals surface area contributed by atoms with E-state index in [4.69, 9.17) is 16.0 Å². The van der Waals surface area contributed by atoms with E-state index in [9.17, 15) is 41.0 Å². The molecule has 1 amide bonds. The Kier molecular flexibility index (Phi) is 11.6. The summed E-state index contributed by atoms with van der Waals surface area (Å²) in [6.45, 7) is 9.07. The number of rotatable bonds is 10. The number of benzene rings is 1. The third-order valence-electron chi connectivity index (χ3n) is 6.56. The Morgan fingerprint density at radius 2 is 1.71 bits per heavy atom. The zero-order valence-electron chi connectivity index (χ0n) is 23.8. The molecule has 17 nitrogen and oxygen atoms in total. The second-order valence-corrected chi connectivity index (χ2v) is 10.4. The van der Waals surface area contributed by atoms with Gasteiger partial charge in [0.1, 0.15) is 41.4 Å². The molecule has 3 heterocycles. The molecule has 5 N–H and O–H groups in total. The van der Waals surface area contributed by atoms with Gasteiger partial charge >= 0.3 is 10.3 Å². The number of imidazole rings is 1. The molecule has 0 unspecified atom stereocenters. The molecule has 1 aliphatic rings. The van der Waals surface area contributed by atoms with Crippen LogP contribution in [0.2, 0.25) is 0 Å². The molecule has 1 aromatic carbocycles. The highest BCUT2D eigenvalue weighted by atomic mass is 32.2. The molecule has 1 fully saturated rings. The first-order chi connectivity index (χ1) is 21.2. The maximum absolute atomic E-state index is 14.1. The van der Waals surface area contributed by atoms with Crippen molar-refractivity contribution >= 4 is 38.9 Å². The molecule has 246 valence electrons. The summed E-state index contributed by atoms with van der Waals surface area (Å²) < 4.78 is 92.4. The number of carbonyl (C=O) groups is 1. The predicted molar refractivity (Wildman–Crippen MR) is 147 cm³/mol. The van der Waals surface area contributed by atoms with E-state index in [1.165, 1.54) is 24.2 Å². The lowest BCUT2D eigenvalue weighted by molar-refractivity contribution is -0.0468. The molecule has 2 aromatic heterocycles. The van der Waals surface area contributed by atoms with Crippen LogP contribution in [0, 0.1) is 23.3 Å². The van der Waals surface area contributed by atoms with Gasteiger partial charge in [0.2, 0.25) is 0 Å². The number of hydrogen-bond acceptors (Lipinski definition) is 13. The molecule has 0 saturated carbocycles. The molecule has 1 saturated heterocycles. The van der Waals surface area contributed by atoms with E-state index >= 15 is 0 Å². The van der Waals surface area contributed by atoms with Gasteiger partial charge in [-0.2, -0.15) is 8.42 Å². The second kappa shape index (κ2) is 14.7. The van der Waals surface area contributed by atoms with Crippen LogP contribution < -0.4 is 10.5 Å². The van der Waals surface area contributed by atoms with E-state index in [1.54, 1.807) is 0 Å². The van der Waals surface area contributed by atoms with E-state index in [0.717, 1.165) is 17.4 Å². The average molecular weight is 665 g/mol. The fraction of sp³-hybridized carbons (Fsp3) is 0.478. The van der Waals surface area contributed by atoms with Crippen molar-refractivity contribution in [2.45, 2.75) is 45.3 Å². The van der Waals surface area contributed by atoms with Crippen molar-refractivity contribution < 1.29 is 49.9 Å². The maximum atomic E-state index is 14.1. The van der Waals surface area contributed by atoms with E-state index in [1.807, 2.05) is 4.91 Å². The Hall–Kier alpha value is -4.18. The van der Waals surface area contributed by atoms with Gasteiger partial charge in [-0.25, -0.2) is 37.2 Å². The zero-order chi connectivity index (χ0) is 33.6. The molecule has 45 heavy (non-hydrogen) atoms. The standard InChI is InChI=1S/C17H13F4N9O7S.C6H15N/c18-6-5(7(19)9(21)10(8(6)20)27-29-23)16(33)28-38(34,35)36-1-4-12(31)13(32)17(37-4)30-3-26-11-14(22)24-2-25-15(11)30;1-4-7(5-2)6-3/h2-4,12-13,17,31-32H,1H2,(H,28,33)(H2,22,24,25);4-6H2,1-3H3/t4-,12-,13-,17-;/m1./s1. The Balaban J connectivity index is 0.000000707. The molecule has 3 aromatic rings. The monoisotopic (exact) mass is 664 g/mol. The number of ether oxygens (including phenoxy) is 1. The number of halogens is 4. The average Bonchev–Trinajstić information content (AvgIpc) is 3.55. The third-order valence-corrected chi connectivity index (χ3v) is 7.44. The van der Waals surface area contributed by atoms with Gasteiger partial charge in [0, 0.05) is 4.91 Å². The summed E-state index contributed by atoms with van der Waals surface area (Å²) in [4.78, 5) is 28.1. The van der Waals surface area contributed by atoms with Crippen LogP contribution in [0.4, 0.5) is 29.1 Å². The largest absolute Gasteiger partial charge is 0.387 e. The summed E-state index contributed by atoms with van der Waals surface area (Å²) in [5, 5.41) is 23.1. The lowest BCUT2D eigenvalue weighted by Gasteiger charge is -2.16. The molecule has 0 radical (unpaired) electrons. The number of aliphatic hydroxyl groups is 2. The van der Waals surface area contributed by atoms with Crippen LogP contribution in [0.25, 0.3) is 21.6 Å². The van der Waals surface area contributed by atoms with Crippen LogP contribution >= 0.6 is 0 Å². The Labute approximate surface area is 252 Å². The highest BCUT2D eigenvalue weighted by Crippen LogP contribution is 2.33. The molecule has 0 bridgehead atoms. The minimum atomic E-state index is -5.24. The van der Waals surface area contributed by atoms with Gasteiger partial charge in [0.25, 0.3) is 5.91 Å². The highest BCUT2D eigenvalue weighted by Gasteiger charge is 2.45. The van der Waals surface area contributed by atoms with Crippen molar-refractivity contribution in [3.63, 3.8) is 0 Å². The van der Waals surface area contributed by atoms with Crippen LogP contribution in [0.15, 0.2) is 17.8 Å². The summed E-state index contributed by atoms with van der Waals surface area (Å²) in [6.07, 6.45) is -4.09. The predicted octanol–water partition coefficient (Wildman–Crippen LogP) is 1.57. The first-order valence-electron chi connectivity index (χ1n) is 13.0. The van der Waals surface area contributed by atoms with E-state index < -0.39 is 81.9 Å². The van der Waals surface area contributed by atoms with Crippen molar-refractivity contribution in [3.8, 4) is 0 Å². The van der Waals surface area contributed by atoms with Gasteiger partial charge in [-0.3, -0.25) is 13.5 Å². The number of aromatic nitrogens is 4. The number of nitrogens with two attached hydrogens (primary N) is 1. The minimum Gasteiger partial charge on any atom is -0.387 e. The Morgan fingerprint density at radius 1 is 1.11 bits per heavy atom. The molecule has 4 rings (SSSR count). The minimum absolute atomic E-state index is 0.00331. The normalized spacial score (nSPS) is 19.7. The first kappa shape index (κ1) is 35.3. The van der Waals surface area contributed by atoms with Gasteiger partial charge in [0.15, 0.2) is 41.0 Å². The number of nitrogens with one attached hydrogen (secondary N) is 1. The van der Waals surface area contributed by atoms with Gasteiger partial charge in [-0.05, 0) is 25.2 Å². The van der Waals surface area contributed by atoms with Crippen LogP contribution in [0.1, 0.15) is 37.4 Å². The van der Waals surface area contributed by atoms with Crippen LogP contribution in [-0.4, -0.2) is 93.5 Å². The topological polar surface area (TPSA) is 244 Å². The van der Waals surface area contributed by atoms with Crippen molar-refractivity contribution in [2.75, 3.05) is 32.0 Å². The smallest absolute Gasteiger partial charge is 0.362 e. The number of carbonyl (C=O) groups excluding carboxylic acids is 1. The molecule has 0 aliphatic carbocycles. The molecular formula is C23H28F4N10O7S. The highest BCUT2D eigenvalue weighted by molar-refractivity contribution is 7.85. The molecule has 0 spiro atoms. The Bertz CT molecular complexity index is 1670. The maximum Gasteiger partial charge on any atom is 0.362 e. The summed E-state index contributed by atoms with van der Waals surface area (Å²) in [5.41, 5.74) is 10.4. The zero-order valence-corrected chi connectivity index (χ0v) is 24.6. The van der Waals surface area contributed by atoms with Gasteiger partial charge in [0.05, 0.1) is 12.9 Å². The lowest BCUT2D eigenvalue weighted by atomic mass is 10.1. The number of nitrogens with zero attached hydrogens (tertiary/aromatic N) is 8. The number of nitrogen functional groups attached to an aromatic ring is 1. The Morgan fingerprint density at radius 3 is 2.24 bits per heavy atom. The fourth-order valence-corrected chi connectivity index (χ4v) is 4.83. The summed E-state index contributed by atoms with van der Waals surface area (Å²) in [6, 6.07) is 0. The molecule has 4 atom stereocenters. The van der Waals surface area contributed by atoms with E-state index in [-0.39, 0.29) is 17.0 Å². The SMILES string of the molecule is CCN(CC)CC.[N-]=[N+]=Nc1c(F)c(F)c(C(=O)NS(=O)(=O)OC[C@H]2O[C@@H](n3cnc4c(N)ncnc43)[C@H](O)[C@@H]2O)c(F)c1F. The molecule has 1 aliphatic heterocycles. The van der Waals surface area contributed by atoms with Gasteiger partial charge in [-0.1, -0.05) is 25.9 Å². The molecule has 22 heteroatoms. The van der Waals surface area contributed by atoms with Crippen molar-refractivity contribution in [3.05, 3.63) is 51.9 Å². The number of azide groups is 1. The van der Waals surface area contributed by atoms with Crippen molar-refractivity contribution in [1.82, 2.24) is 29.1 Å². The van der Waals surface area contributed by atoms with Crippen LogP contribution in [0.5, 0.6) is 0 Å². The van der Waals surface area contributed by atoms with Gasteiger partial charge < -0.3 is 25.6 Å². The lowest BCUT2D eigenvalue weighted by Crippen LogP contribution is -2.38. The number of aliphatic hydroxyl groups excluding tert-OH is 2. The van der Waals surface area contributed by atoms with Crippen molar-refractivity contribution in [1.29, 1.82) is 0 Å². The van der Waals surface area contributed by atoms with Gasteiger partial charge in [-0.15, -0.1) is 0 Å². The van der Waals surface area contributed by atoms with E-state index in [0.29, 0.717) is 0 Å². The number of fused-ring (bicyclic) bond motifs is 1. The third kappa shape index (κ3) is 7.56. The summed E-state index contributed by atoms with van der Waals surface area (Å²) in [5.74, 6) is -11.4. The number of hydrogen-bond donors (Lipinski definition) is 4.